The fraction of sp³-hybridized carbons (Fsp3) is 0.357. The maximum absolute atomic E-state index is 11.9. The van der Waals surface area contributed by atoms with Gasteiger partial charge in [0.15, 0.2) is 0 Å². The molecule has 0 spiro atoms. The number of rotatable bonds is 2. The third-order valence-electron chi connectivity index (χ3n) is 2.83. The zero-order valence-corrected chi connectivity index (χ0v) is 10.2. The molecular weight excluding hydrogens is 216 g/mol. The molecule has 0 saturated carbocycles. The molecule has 0 aliphatic heterocycles. The number of benzene rings is 1. The molecule has 0 bridgehead atoms. The Morgan fingerprint density at radius 2 is 1.94 bits per heavy atom. The van der Waals surface area contributed by atoms with E-state index in [1.54, 1.807) is 0 Å². The second-order valence-electron chi connectivity index (χ2n) is 4.25. The Bertz CT molecular complexity index is 383. The van der Waals surface area contributed by atoms with E-state index >= 15 is 0 Å². The number of thioether (sulfide) groups is 1. The van der Waals surface area contributed by atoms with Gasteiger partial charge < -0.3 is 0 Å². The van der Waals surface area contributed by atoms with Crippen molar-refractivity contribution < 1.29 is 4.79 Å². The van der Waals surface area contributed by atoms with Crippen molar-refractivity contribution in [2.45, 2.75) is 25.0 Å². The van der Waals surface area contributed by atoms with Crippen LogP contribution in [-0.2, 0) is 0 Å². The number of hydrogen-bond donors (Lipinski definition) is 0. The van der Waals surface area contributed by atoms with Gasteiger partial charge in [0.25, 0.3) is 0 Å². The zero-order valence-electron chi connectivity index (χ0n) is 9.43. The van der Waals surface area contributed by atoms with Gasteiger partial charge in [-0.25, -0.2) is 0 Å². The molecule has 84 valence electrons. The van der Waals surface area contributed by atoms with Crippen LogP contribution in [0.4, 0.5) is 0 Å². The van der Waals surface area contributed by atoms with E-state index in [-0.39, 0.29) is 5.12 Å². The molecule has 0 radical (unpaired) electrons. The fourth-order valence-electron chi connectivity index (χ4n) is 1.81. The molecule has 0 aromatic heterocycles. The van der Waals surface area contributed by atoms with Crippen molar-refractivity contribution in [1.29, 1.82) is 0 Å². The van der Waals surface area contributed by atoms with Gasteiger partial charge in [-0.3, -0.25) is 4.79 Å². The fourth-order valence-corrected chi connectivity index (χ4v) is 2.78. The highest BCUT2D eigenvalue weighted by molar-refractivity contribution is 8.14. The molecule has 0 saturated heterocycles. The predicted octanol–water partition coefficient (Wildman–Crippen LogP) is 3.91. The van der Waals surface area contributed by atoms with E-state index in [1.165, 1.54) is 18.2 Å². The summed E-state index contributed by atoms with van der Waals surface area (Å²) in [6.07, 6.45) is 6.70. The number of carbonyl (C=O) groups is 1. The van der Waals surface area contributed by atoms with Crippen LogP contribution in [-0.4, -0.2) is 10.4 Å². The van der Waals surface area contributed by atoms with Gasteiger partial charge in [0.2, 0.25) is 5.12 Å². The molecular formula is C14H16OS. The number of allylic oxidation sites excluding steroid dienone is 1. The first-order valence-corrected chi connectivity index (χ1v) is 6.58. The van der Waals surface area contributed by atoms with E-state index in [1.807, 2.05) is 30.3 Å². The van der Waals surface area contributed by atoms with Crippen LogP contribution in [0.3, 0.4) is 0 Å². The number of hydrogen-bond acceptors (Lipinski definition) is 2. The first kappa shape index (κ1) is 11.5. The largest absolute Gasteiger partial charge is 0.282 e. The summed E-state index contributed by atoms with van der Waals surface area (Å²) in [7, 11) is 0. The third kappa shape index (κ3) is 2.99. The van der Waals surface area contributed by atoms with E-state index in [0.29, 0.717) is 11.2 Å². The van der Waals surface area contributed by atoms with Gasteiger partial charge in [-0.2, -0.15) is 0 Å². The van der Waals surface area contributed by atoms with Gasteiger partial charge in [-0.05, 0) is 18.8 Å². The predicted molar refractivity (Wildman–Crippen MR) is 69.7 cm³/mol. The summed E-state index contributed by atoms with van der Waals surface area (Å²) in [6.45, 7) is 2.22. The Balaban J connectivity index is 1.96. The van der Waals surface area contributed by atoms with Crippen LogP contribution in [0.1, 0.15) is 30.1 Å². The van der Waals surface area contributed by atoms with Gasteiger partial charge in [-0.1, -0.05) is 61.2 Å². The Labute approximate surface area is 101 Å². The van der Waals surface area contributed by atoms with Crippen LogP contribution < -0.4 is 0 Å². The highest BCUT2D eigenvalue weighted by Crippen LogP contribution is 2.28. The van der Waals surface area contributed by atoms with Gasteiger partial charge in [0.05, 0.1) is 0 Å². The second-order valence-corrected chi connectivity index (χ2v) is 5.46. The van der Waals surface area contributed by atoms with Crippen molar-refractivity contribution >= 4 is 16.9 Å². The molecule has 1 aromatic carbocycles. The normalized spacial score (nSPS) is 24.3. The Morgan fingerprint density at radius 3 is 2.56 bits per heavy atom. The third-order valence-corrected chi connectivity index (χ3v) is 3.97. The first-order chi connectivity index (χ1) is 7.75. The molecule has 1 aromatic rings. The molecule has 0 unspecified atom stereocenters. The lowest BCUT2D eigenvalue weighted by Crippen LogP contribution is -2.10. The highest BCUT2D eigenvalue weighted by atomic mass is 32.2. The Morgan fingerprint density at radius 1 is 1.19 bits per heavy atom. The summed E-state index contributed by atoms with van der Waals surface area (Å²) >= 11 is 1.45. The maximum atomic E-state index is 11.9. The van der Waals surface area contributed by atoms with Crippen molar-refractivity contribution in [2.24, 2.45) is 5.92 Å². The van der Waals surface area contributed by atoms with Crippen molar-refractivity contribution in [2.75, 3.05) is 0 Å². The van der Waals surface area contributed by atoms with E-state index < -0.39 is 0 Å². The van der Waals surface area contributed by atoms with E-state index in [9.17, 15) is 4.79 Å². The molecule has 2 rings (SSSR count). The van der Waals surface area contributed by atoms with Gasteiger partial charge in [0, 0.05) is 10.8 Å². The summed E-state index contributed by atoms with van der Waals surface area (Å²) in [5.74, 6) is 0.670. The van der Waals surface area contributed by atoms with E-state index in [4.69, 9.17) is 0 Å². The summed E-state index contributed by atoms with van der Waals surface area (Å²) < 4.78 is 0. The summed E-state index contributed by atoms with van der Waals surface area (Å²) in [5.41, 5.74) is 0.805. The van der Waals surface area contributed by atoms with Crippen LogP contribution >= 0.6 is 11.8 Å². The lowest BCUT2D eigenvalue weighted by Gasteiger charge is -2.18. The van der Waals surface area contributed by atoms with Crippen LogP contribution in [0.25, 0.3) is 0 Å². The van der Waals surface area contributed by atoms with Crippen molar-refractivity contribution in [1.82, 2.24) is 0 Å². The van der Waals surface area contributed by atoms with Gasteiger partial charge in [-0.15, -0.1) is 0 Å². The molecule has 0 fully saturated rings. The molecule has 1 nitrogen and oxygen atoms in total. The number of carbonyl (C=O) groups excluding carboxylic acids is 1. The minimum atomic E-state index is 0.185. The summed E-state index contributed by atoms with van der Waals surface area (Å²) in [5, 5.41) is 0.550. The smallest absolute Gasteiger partial charge is 0.219 e. The van der Waals surface area contributed by atoms with E-state index in [0.717, 1.165) is 12.0 Å². The Hall–Kier alpha value is -1.02. The van der Waals surface area contributed by atoms with Crippen LogP contribution in [0.15, 0.2) is 42.5 Å². The SMILES string of the molecule is C[C@H]1C=C[C@@H](SC(=O)c2ccccc2)CC1. The molecule has 2 atom stereocenters. The van der Waals surface area contributed by atoms with Gasteiger partial charge >= 0.3 is 0 Å². The second kappa shape index (κ2) is 5.35. The van der Waals surface area contributed by atoms with Crippen molar-refractivity contribution in [3.05, 3.63) is 48.0 Å². The quantitative estimate of drug-likeness (QED) is 0.719. The lowest BCUT2D eigenvalue weighted by molar-refractivity contribution is 0.108. The highest BCUT2D eigenvalue weighted by Gasteiger charge is 2.17. The summed E-state index contributed by atoms with van der Waals surface area (Å²) in [4.78, 5) is 11.9. The molecule has 0 heterocycles. The molecule has 1 aliphatic carbocycles. The van der Waals surface area contributed by atoms with Crippen LogP contribution in [0.2, 0.25) is 0 Å². The lowest BCUT2D eigenvalue weighted by atomic mass is 9.98. The maximum Gasteiger partial charge on any atom is 0.219 e. The first-order valence-electron chi connectivity index (χ1n) is 5.70. The molecule has 2 heteroatoms. The molecule has 0 N–H and O–H groups in total. The molecule has 1 aliphatic rings. The average Bonchev–Trinajstić information content (AvgIpc) is 2.33. The van der Waals surface area contributed by atoms with Gasteiger partial charge in [0.1, 0.15) is 0 Å². The minimum Gasteiger partial charge on any atom is -0.282 e. The Kier molecular flexibility index (Phi) is 3.83. The summed E-state index contributed by atoms with van der Waals surface area (Å²) in [6, 6.07) is 9.51. The zero-order chi connectivity index (χ0) is 11.4. The van der Waals surface area contributed by atoms with Crippen molar-refractivity contribution in [3.8, 4) is 0 Å². The monoisotopic (exact) mass is 232 g/mol. The van der Waals surface area contributed by atoms with E-state index in [2.05, 4.69) is 19.1 Å². The van der Waals surface area contributed by atoms with Crippen LogP contribution in [0.5, 0.6) is 0 Å². The molecule has 0 amide bonds. The topological polar surface area (TPSA) is 17.1 Å². The minimum absolute atomic E-state index is 0.185. The van der Waals surface area contributed by atoms with Crippen molar-refractivity contribution in [3.63, 3.8) is 0 Å². The average molecular weight is 232 g/mol. The van der Waals surface area contributed by atoms with Crippen LogP contribution in [0, 0.1) is 5.92 Å². The molecule has 16 heavy (non-hydrogen) atoms. The standard InChI is InChI=1S/C14H16OS/c1-11-7-9-13(10-8-11)16-14(15)12-5-3-2-4-6-12/h2-7,9,11,13H,8,10H2,1H3/t11-,13+/m0/s1.